The lowest BCUT2D eigenvalue weighted by atomic mass is 9.98. The zero-order valence-corrected chi connectivity index (χ0v) is 10.4. The highest BCUT2D eigenvalue weighted by atomic mass is 35.5. The lowest BCUT2D eigenvalue weighted by Gasteiger charge is -2.12. The van der Waals surface area contributed by atoms with Crippen LogP contribution in [0, 0.1) is 0 Å². The van der Waals surface area contributed by atoms with Gasteiger partial charge >= 0.3 is 5.97 Å². The summed E-state index contributed by atoms with van der Waals surface area (Å²) in [6.45, 7) is 0. The van der Waals surface area contributed by atoms with Crippen LogP contribution in [0.15, 0.2) is 18.2 Å². The minimum absolute atomic E-state index is 0.0713. The molecular weight excluding hydrogens is 282 g/mol. The van der Waals surface area contributed by atoms with Crippen LogP contribution in [0.5, 0.6) is 0 Å². The first kappa shape index (κ1) is 15.5. The molecule has 7 heteroatoms. The molecule has 0 heterocycles. The summed E-state index contributed by atoms with van der Waals surface area (Å²) in [5, 5.41) is 17.9. The zero-order valence-electron chi connectivity index (χ0n) is 9.65. The van der Waals surface area contributed by atoms with E-state index in [1.54, 1.807) is 0 Å². The molecule has 4 nitrogen and oxygen atoms in total. The number of ketones is 1. The molecule has 0 fully saturated rings. The van der Waals surface area contributed by atoms with Crippen molar-refractivity contribution >= 4 is 23.4 Å². The van der Waals surface area contributed by atoms with Crippen LogP contribution in [-0.4, -0.2) is 27.8 Å². The molecule has 0 saturated carbocycles. The SMILES string of the molecule is O=C(CCl)Cc1ccc(C(O)C(=O)O)cc1C(F)F. The number of rotatable bonds is 6. The third-order valence-corrected chi connectivity index (χ3v) is 2.79. The van der Waals surface area contributed by atoms with E-state index in [-0.39, 0.29) is 23.4 Å². The van der Waals surface area contributed by atoms with Crippen LogP contribution < -0.4 is 0 Å². The first-order valence-electron chi connectivity index (χ1n) is 5.26. The molecule has 1 atom stereocenters. The van der Waals surface area contributed by atoms with E-state index in [4.69, 9.17) is 16.7 Å². The van der Waals surface area contributed by atoms with Gasteiger partial charge in [-0.15, -0.1) is 11.6 Å². The van der Waals surface area contributed by atoms with Crippen molar-refractivity contribution in [1.29, 1.82) is 0 Å². The number of hydrogen-bond acceptors (Lipinski definition) is 3. The number of carboxylic acids is 1. The fraction of sp³-hybridized carbons (Fsp3) is 0.333. The Hall–Kier alpha value is -1.53. The van der Waals surface area contributed by atoms with Crippen molar-refractivity contribution < 1.29 is 28.6 Å². The zero-order chi connectivity index (χ0) is 14.6. The van der Waals surface area contributed by atoms with E-state index in [9.17, 15) is 23.5 Å². The summed E-state index contributed by atoms with van der Waals surface area (Å²) in [6, 6.07) is 3.29. The maximum absolute atomic E-state index is 12.9. The van der Waals surface area contributed by atoms with Crippen LogP contribution in [0.2, 0.25) is 0 Å². The quantitative estimate of drug-likeness (QED) is 0.787. The van der Waals surface area contributed by atoms with Crippen LogP contribution in [0.3, 0.4) is 0 Å². The van der Waals surface area contributed by atoms with E-state index in [2.05, 4.69) is 0 Å². The number of carboxylic acid groups (broad SMARTS) is 1. The normalized spacial score (nSPS) is 12.5. The highest BCUT2D eigenvalue weighted by molar-refractivity contribution is 6.27. The minimum Gasteiger partial charge on any atom is -0.479 e. The molecule has 1 rings (SSSR count). The van der Waals surface area contributed by atoms with Crippen LogP contribution >= 0.6 is 11.6 Å². The smallest absolute Gasteiger partial charge is 0.337 e. The van der Waals surface area contributed by atoms with Gasteiger partial charge < -0.3 is 10.2 Å². The largest absolute Gasteiger partial charge is 0.479 e. The Bertz CT molecular complexity index is 491. The number of hydrogen-bond donors (Lipinski definition) is 2. The van der Waals surface area contributed by atoms with Crippen LogP contribution in [0.25, 0.3) is 0 Å². The topological polar surface area (TPSA) is 74.6 Å². The van der Waals surface area contributed by atoms with Gasteiger partial charge in [-0.25, -0.2) is 13.6 Å². The average molecular weight is 293 g/mol. The van der Waals surface area contributed by atoms with Crippen LogP contribution in [0.4, 0.5) is 8.78 Å². The van der Waals surface area contributed by atoms with Crippen molar-refractivity contribution in [2.75, 3.05) is 5.88 Å². The van der Waals surface area contributed by atoms with Crippen molar-refractivity contribution in [3.8, 4) is 0 Å². The van der Waals surface area contributed by atoms with Crippen LogP contribution in [0.1, 0.15) is 29.2 Å². The highest BCUT2D eigenvalue weighted by Gasteiger charge is 2.21. The molecule has 2 N–H and O–H groups in total. The molecule has 0 radical (unpaired) electrons. The molecule has 0 bridgehead atoms. The van der Waals surface area contributed by atoms with Gasteiger partial charge in [-0.05, 0) is 17.2 Å². The molecule has 19 heavy (non-hydrogen) atoms. The van der Waals surface area contributed by atoms with Gasteiger partial charge in [-0.3, -0.25) is 4.79 Å². The molecule has 1 aromatic rings. The summed E-state index contributed by atoms with van der Waals surface area (Å²) in [5.41, 5.74) is -0.567. The van der Waals surface area contributed by atoms with Gasteiger partial charge in [0.15, 0.2) is 11.9 Å². The van der Waals surface area contributed by atoms with Gasteiger partial charge in [0.1, 0.15) is 0 Å². The van der Waals surface area contributed by atoms with Gasteiger partial charge in [0, 0.05) is 12.0 Å². The van der Waals surface area contributed by atoms with Crippen molar-refractivity contribution in [3.63, 3.8) is 0 Å². The molecule has 0 aliphatic heterocycles. The summed E-state index contributed by atoms with van der Waals surface area (Å²) in [6.07, 6.45) is -5.01. The Morgan fingerprint density at radius 3 is 2.42 bits per heavy atom. The standard InChI is InChI=1S/C12H11ClF2O4/c13-5-8(16)3-6-1-2-7(10(17)12(18)19)4-9(6)11(14)15/h1-2,4,10-11,17H,3,5H2,(H,18,19). The Labute approximate surface area is 112 Å². The number of aliphatic hydroxyl groups is 1. The molecule has 1 aromatic carbocycles. The Balaban J connectivity index is 3.14. The number of benzene rings is 1. The summed E-state index contributed by atoms with van der Waals surface area (Å²) in [4.78, 5) is 21.7. The second kappa shape index (κ2) is 6.58. The molecule has 0 amide bonds. The van der Waals surface area contributed by atoms with E-state index in [0.29, 0.717) is 0 Å². The second-order valence-corrected chi connectivity index (χ2v) is 4.12. The molecule has 1 unspecified atom stereocenters. The lowest BCUT2D eigenvalue weighted by Crippen LogP contribution is -2.12. The number of Topliss-reactive ketones (excluding diaryl/α,β-unsaturated/α-hetero) is 1. The van der Waals surface area contributed by atoms with E-state index in [0.717, 1.165) is 6.07 Å². The molecular formula is C12H11ClF2O4. The number of aliphatic hydroxyl groups excluding tert-OH is 1. The van der Waals surface area contributed by atoms with Crippen molar-refractivity contribution in [2.24, 2.45) is 0 Å². The van der Waals surface area contributed by atoms with E-state index in [1.807, 2.05) is 0 Å². The number of halogens is 3. The predicted molar refractivity (Wildman–Crippen MR) is 63.4 cm³/mol. The Morgan fingerprint density at radius 2 is 1.95 bits per heavy atom. The van der Waals surface area contributed by atoms with Gasteiger partial charge in [-0.1, -0.05) is 12.1 Å². The van der Waals surface area contributed by atoms with Gasteiger partial charge in [-0.2, -0.15) is 0 Å². The highest BCUT2D eigenvalue weighted by Crippen LogP contribution is 2.27. The molecule has 0 aromatic heterocycles. The van der Waals surface area contributed by atoms with E-state index < -0.39 is 29.8 Å². The minimum atomic E-state index is -2.88. The second-order valence-electron chi connectivity index (χ2n) is 3.85. The average Bonchev–Trinajstić information content (AvgIpc) is 2.37. The first-order chi connectivity index (χ1) is 8.86. The molecule has 0 aliphatic rings. The maximum Gasteiger partial charge on any atom is 0.337 e. The summed E-state index contributed by atoms with van der Waals surface area (Å²) in [5.74, 6) is -2.25. The number of carbonyl (C=O) groups excluding carboxylic acids is 1. The van der Waals surface area contributed by atoms with E-state index >= 15 is 0 Å². The number of alkyl halides is 3. The fourth-order valence-electron chi connectivity index (χ4n) is 1.55. The molecule has 0 spiro atoms. The number of carbonyl (C=O) groups is 2. The monoisotopic (exact) mass is 292 g/mol. The van der Waals surface area contributed by atoms with Crippen molar-refractivity contribution in [1.82, 2.24) is 0 Å². The van der Waals surface area contributed by atoms with Crippen molar-refractivity contribution in [2.45, 2.75) is 19.0 Å². The van der Waals surface area contributed by atoms with Gasteiger partial charge in [0.2, 0.25) is 0 Å². The van der Waals surface area contributed by atoms with E-state index in [1.165, 1.54) is 12.1 Å². The third-order valence-electron chi connectivity index (χ3n) is 2.49. The lowest BCUT2D eigenvalue weighted by molar-refractivity contribution is -0.147. The summed E-state index contributed by atoms with van der Waals surface area (Å²) < 4.78 is 25.7. The van der Waals surface area contributed by atoms with Crippen LogP contribution in [-0.2, 0) is 16.0 Å². The molecule has 104 valence electrons. The first-order valence-corrected chi connectivity index (χ1v) is 5.79. The summed E-state index contributed by atoms with van der Waals surface area (Å²) in [7, 11) is 0. The number of aliphatic carboxylic acids is 1. The Morgan fingerprint density at radius 1 is 1.32 bits per heavy atom. The fourth-order valence-corrected chi connectivity index (χ4v) is 1.64. The third kappa shape index (κ3) is 3.97. The molecule has 0 aliphatic carbocycles. The maximum atomic E-state index is 12.9. The van der Waals surface area contributed by atoms with Gasteiger partial charge in [0.25, 0.3) is 6.43 Å². The van der Waals surface area contributed by atoms with Gasteiger partial charge in [0.05, 0.1) is 5.88 Å². The predicted octanol–water partition coefficient (Wildman–Crippen LogP) is 2.09. The summed E-state index contributed by atoms with van der Waals surface area (Å²) >= 11 is 5.30. The Kier molecular flexibility index (Phi) is 5.38. The molecule has 0 saturated heterocycles. The van der Waals surface area contributed by atoms with Crippen molar-refractivity contribution in [3.05, 3.63) is 34.9 Å².